The van der Waals surface area contributed by atoms with Crippen molar-refractivity contribution in [2.24, 2.45) is 17.3 Å². The lowest BCUT2D eigenvalue weighted by molar-refractivity contribution is -0.157. The molecule has 2 unspecified atom stereocenters. The zero-order chi connectivity index (χ0) is 35.1. The van der Waals surface area contributed by atoms with Gasteiger partial charge in [0, 0.05) is 25.3 Å². The first-order valence-electron chi connectivity index (χ1n) is 17.3. The van der Waals surface area contributed by atoms with Crippen LogP contribution < -0.4 is 20.7 Å². The topological polar surface area (TPSA) is 135 Å². The highest BCUT2D eigenvalue weighted by Crippen LogP contribution is 2.45. The van der Waals surface area contributed by atoms with Gasteiger partial charge in [0.2, 0.25) is 17.7 Å². The van der Waals surface area contributed by atoms with Gasteiger partial charge in [-0.1, -0.05) is 87.7 Å². The Kier molecular flexibility index (Phi) is 12.0. The third-order valence-electron chi connectivity index (χ3n) is 9.89. The normalized spacial score (nSPS) is 27.5. The van der Waals surface area contributed by atoms with Crippen LogP contribution >= 0.6 is 11.6 Å². The molecule has 6 atom stereocenters. The maximum absolute atomic E-state index is 14.0. The van der Waals surface area contributed by atoms with Crippen LogP contribution in [-0.4, -0.2) is 61.6 Å². The number of epoxide rings is 1. The van der Waals surface area contributed by atoms with E-state index in [2.05, 4.69) is 16.0 Å². The Morgan fingerprint density at radius 2 is 1.71 bits per heavy atom. The van der Waals surface area contributed by atoms with Gasteiger partial charge >= 0.3 is 5.97 Å². The van der Waals surface area contributed by atoms with Gasteiger partial charge in [-0.2, -0.15) is 0 Å². The van der Waals surface area contributed by atoms with E-state index in [0.29, 0.717) is 30.0 Å². The Morgan fingerprint density at radius 3 is 2.39 bits per heavy atom. The van der Waals surface area contributed by atoms with Crippen molar-refractivity contribution in [1.29, 1.82) is 0 Å². The van der Waals surface area contributed by atoms with Crippen LogP contribution in [0.3, 0.4) is 0 Å². The summed E-state index contributed by atoms with van der Waals surface area (Å²) < 4.78 is 17.5. The molecule has 0 radical (unpaired) electrons. The average molecular weight is 694 g/mol. The fraction of sp³-hybridized carbons (Fsp3) is 0.526. The highest BCUT2D eigenvalue weighted by atomic mass is 35.5. The molecule has 2 aromatic rings. The van der Waals surface area contributed by atoms with Gasteiger partial charge in [0.05, 0.1) is 23.7 Å². The van der Waals surface area contributed by atoms with Crippen LogP contribution in [0.5, 0.6) is 5.75 Å². The Hall–Kier alpha value is -3.89. The number of hydrogen-bond donors (Lipinski definition) is 3. The summed E-state index contributed by atoms with van der Waals surface area (Å²) in [4.78, 5) is 54.8. The van der Waals surface area contributed by atoms with E-state index in [9.17, 15) is 19.2 Å². The fourth-order valence-corrected chi connectivity index (χ4v) is 7.25. The van der Waals surface area contributed by atoms with Gasteiger partial charge in [-0.3, -0.25) is 14.4 Å². The summed E-state index contributed by atoms with van der Waals surface area (Å²) in [5, 5.41) is 9.21. The number of benzene rings is 2. The van der Waals surface area contributed by atoms with Gasteiger partial charge < -0.3 is 30.2 Å². The minimum absolute atomic E-state index is 0.0756. The number of hydrogen-bond acceptors (Lipinski definition) is 7. The molecule has 2 aliphatic heterocycles. The number of esters is 1. The Balaban J connectivity index is 1.43. The zero-order valence-electron chi connectivity index (χ0n) is 28.7. The Labute approximate surface area is 293 Å². The van der Waals surface area contributed by atoms with E-state index in [-0.39, 0.29) is 49.3 Å². The first-order chi connectivity index (χ1) is 23.5. The first-order valence-corrected chi connectivity index (χ1v) is 17.7. The summed E-state index contributed by atoms with van der Waals surface area (Å²) in [6.07, 6.45) is 5.66. The summed E-state index contributed by atoms with van der Waals surface area (Å²) in [6.45, 7) is 6.03. The molecule has 3 amide bonds. The number of halogens is 1. The highest BCUT2D eigenvalue weighted by Gasteiger charge is 2.48. The molecule has 1 saturated heterocycles. The zero-order valence-corrected chi connectivity index (χ0v) is 29.5. The van der Waals surface area contributed by atoms with Crippen LogP contribution in [0.2, 0.25) is 5.02 Å². The number of amides is 3. The van der Waals surface area contributed by atoms with E-state index >= 15 is 0 Å². The molecule has 3 aliphatic rings. The van der Waals surface area contributed by atoms with Crippen molar-refractivity contribution in [2.45, 2.75) is 96.1 Å². The molecule has 11 heteroatoms. The van der Waals surface area contributed by atoms with Gasteiger partial charge in [0.25, 0.3) is 0 Å². The van der Waals surface area contributed by atoms with E-state index in [1.54, 1.807) is 24.3 Å². The second kappa shape index (κ2) is 16.2. The lowest BCUT2D eigenvalue weighted by Crippen LogP contribution is -2.55. The van der Waals surface area contributed by atoms with Crippen molar-refractivity contribution in [2.75, 3.05) is 13.7 Å². The number of carbonyl (C=O) groups excluding carboxylic acids is 4. The summed E-state index contributed by atoms with van der Waals surface area (Å²) in [7, 11) is 1.52. The van der Waals surface area contributed by atoms with Gasteiger partial charge in [-0.25, -0.2) is 4.79 Å². The predicted octanol–water partition coefficient (Wildman–Crippen LogP) is 5.23. The van der Waals surface area contributed by atoms with Gasteiger partial charge in [-0.05, 0) is 54.5 Å². The van der Waals surface area contributed by atoms with Crippen LogP contribution in [-0.2, 0) is 35.1 Å². The molecule has 10 nitrogen and oxygen atoms in total. The molecular weight excluding hydrogens is 646 g/mol. The molecular formula is C38H48ClN3O7. The molecule has 5 rings (SSSR count). The van der Waals surface area contributed by atoms with Crippen LogP contribution in [0, 0.1) is 17.3 Å². The maximum Gasteiger partial charge on any atom is 0.328 e. The number of methoxy groups -OCH3 is 1. The largest absolute Gasteiger partial charge is 0.495 e. The van der Waals surface area contributed by atoms with Crippen molar-refractivity contribution >= 4 is 35.3 Å². The highest BCUT2D eigenvalue weighted by molar-refractivity contribution is 6.32. The Morgan fingerprint density at radius 1 is 0.980 bits per heavy atom. The van der Waals surface area contributed by atoms with Crippen LogP contribution in [0.25, 0.3) is 0 Å². The molecule has 0 aromatic heterocycles. The van der Waals surface area contributed by atoms with Gasteiger partial charge in [-0.15, -0.1) is 0 Å². The summed E-state index contributed by atoms with van der Waals surface area (Å²) in [5.74, 6) is -1.29. The van der Waals surface area contributed by atoms with Crippen LogP contribution in [0.4, 0.5) is 0 Å². The van der Waals surface area contributed by atoms with Gasteiger partial charge in [0.1, 0.15) is 30.0 Å². The minimum Gasteiger partial charge on any atom is -0.495 e. The van der Waals surface area contributed by atoms with Crippen LogP contribution in [0.1, 0.15) is 76.5 Å². The fourth-order valence-electron chi connectivity index (χ4n) is 6.97. The van der Waals surface area contributed by atoms with Crippen LogP contribution in [0.15, 0.2) is 60.7 Å². The molecule has 1 spiro atoms. The third kappa shape index (κ3) is 9.22. The molecule has 264 valence electrons. The molecule has 49 heavy (non-hydrogen) atoms. The molecule has 2 aromatic carbocycles. The Bertz CT molecular complexity index is 1520. The minimum atomic E-state index is -0.941. The number of ether oxygens (including phenoxy) is 3. The number of nitrogens with one attached hydrogen (secondary N) is 3. The van der Waals surface area contributed by atoms with E-state index in [0.717, 1.165) is 24.0 Å². The average Bonchev–Trinajstić information content (AvgIpc) is 3.73. The molecule has 2 fully saturated rings. The van der Waals surface area contributed by atoms with Crippen molar-refractivity contribution < 1.29 is 33.4 Å². The van der Waals surface area contributed by atoms with Gasteiger partial charge in [0.15, 0.2) is 0 Å². The quantitative estimate of drug-likeness (QED) is 0.255. The SMILES string of the molecule is COc1ccc(C[C@H]2NC(=O)/C=C/C[C@@H]([C@H](C)C3OC3c3ccccc3)OC(=O)[C@H](CC(C)C)NC(=O)C3(CCCC3)CNC2=O)cc1Cl. The second-order valence-electron chi connectivity index (χ2n) is 14.0. The monoisotopic (exact) mass is 693 g/mol. The third-order valence-corrected chi connectivity index (χ3v) is 10.2. The second-order valence-corrected chi connectivity index (χ2v) is 14.4. The smallest absolute Gasteiger partial charge is 0.328 e. The maximum atomic E-state index is 14.0. The molecule has 1 saturated carbocycles. The molecule has 1 aliphatic carbocycles. The predicted molar refractivity (Wildman–Crippen MR) is 186 cm³/mol. The standard InChI is InChI=1S/C38H48ClN3O7/c1-23(2)19-29-36(45)48-30(24(3)33-34(49-33)26-11-6-5-7-12-26)13-10-14-32(43)41-28(21-25-15-16-31(47-4)27(39)20-25)35(44)40-22-38(37(46)42-29)17-8-9-18-38/h5-7,10-12,14-16,20,23-24,28-30,33-34H,8-9,13,17-19,21-22H2,1-4H3,(H,40,44)(H,41,43)(H,42,46)/b14-10+/t24-,28+,29-,30-,33?,34?/m0/s1. The lowest BCUT2D eigenvalue weighted by Gasteiger charge is -2.32. The number of cyclic esters (lactones) is 1. The van der Waals surface area contributed by atoms with E-state index < -0.39 is 41.4 Å². The van der Waals surface area contributed by atoms with Crippen molar-refractivity contribution in [3.8, 4) is 5.75 Å². The molecule has 2 heterocycles. The van der Waals surface area contributed by atoms with E-state index in [1.807, 2.05) is 51.1 Å². The number of carbonyl (C=O) groups is 4. The summed E-state index contributed by atoms with van der Waals surface area (Å²) in [5.41, 5.74) is 0.883. The first kappa shape index (κ1) is 36.4. The van der Waals surface area contributed by atoms with Crippen molar-refractivity contribution in [3.05, 3.63) is 76.8 Å². The van der Waals surface area contributed by atoms with Crippen molar-refractivity contribution in [1.82, 2.24) is 16.0 Å². The van der Waals surface area contributed by atoms with Crippen molar-refractivity contribution in [3.63, 3.8) is 0 Å². The molecule has 3 N–H and O–H groups in total. The van der Waals surface area contributed by atoms with E-state index in [1.165, 1.54) is 13.2 Å². The number of rotatable bonds is 8. The lowest BCUT2D eigenvalue weighted by atomic mass is 9.84. The van der Waals surface area contributed by atoms with E-state index in [4.69, 9.17) is 25.8 Å². The summed E-state index contributed by atoms with van der Waals surface area (Å²) in [6, 6.07) is 13.3. The summed E-state index contributed by atoms with van der Waals surface area (Å²) >= 11 is 6.37. The molecule has 0 bridgehead atoms.